The first-order valence-corrected chi connectivity index (χ1v) is 9.74. The van der Waals surface area contributed by atoms with Crippen molar-refractivity contribution < 1.29 is 4.74 Å². The van der Waals surface area contributed by atoms with Crippen molar-refractivity contribution in [3.63, 3.8) is 0 Å². The van der Waals surface area contributed by atoms with Crippen LogP contribution in [0.2, 0.25) is 0 Å². The third-order valence-corrected chi connectivity index (χ3v) is 5.41. The average Bonchev–Trinajstić information content (AvgIpc) is 3.37. The SMILES string of the molecule is COc1ccc(-c2nc(SCc3csc(-c4ccccn4)n3)n[nH]2)cc1. The molecule has 3 heterocycles. The largest absolute Gasteiger partial charge is 0.497 e. The molecule has 0 aliphatic heterocycles. The number of thioether (sulfide) groups is 1. The maximum Gasteiger partial charge on any atom is 0.209 e. The molecule has 0 spiro atoms. The molecule has 0 saturated heterocycles. The molecule has 0 bridgehead atoms. The number of hydrogen-bond donors (Lipinski definition) is 1. The second-order valence-corrected chi connectivity index (χ2v) is 7.14. The van der Waals surface area contributed by atoms with E-state index in [-0.39, 0.29) is 0 Å². The van der Waals surface area contributed by atoms with Crippen molar-refractivity contribution in [1.29, 1.82) is 0 Å². The van der Waals surface area contributed by atoms with Gasteiger partial charge in [0.2, 0.25) is 5.16 Å². The van der Waals surface area contributed by atoms with Gasteiger partial charge in [-0.3, -0.25) is 10.1 Å². The van der Waals surface area contributed by atoms with Crippen molar-refractivity contribution in [1.82, 2.24) is 25.1 Å². The molecule has 4 rings (SSSR count). The quantitative estimate of drug-likeness (QED) is 0.502. The molecule has 0 radical (unpaired) electrons. The van der Waals surface area contributed by atoms with E-state index in [1.54, 1.807) is 36.4 Å². The minimum absolute atomic E-state index is 0.697. The fourth-order valence-corrected chi connectivity index (χ4v) is 3.90. The number of aromatic amines is 1. The normalized spacial score (nSPS) is 10.8. The molecular weight excluding hydrogens is 366 g/mol. The summed E-state index contributed by atoms with van der Waals surface area (Å²) in [4.78, 5) is 13.5. The molecule has 1 N–H and O–H groups in total. The summed E-state index contributed by atoms with van der Waals surface area (Å²) in [6.07, 6.45) is 1.78. The van der Waals surface area contributed by atoms with Gasteiger partial charge in [0.15, 0.2) is 5.82 Å². The molecule has 0 saturated carbocycles. The highest BCUT2D eigenvalue weighted by molar-refractivity contribution is 7.98. The van der Waals surface area contributed by atoms with Crippen LogP contribution in [0.3, 0.4) is 0 Å². The maximum absolute atomic E-state index is 5.17. The molecule has 26 heavy (non-hydrogen) atoms. The summed E-state index contributed by atoms with van der Waals surface area (Å²) in [6.45, 7) is 0. The number of thiazole rings is 1. The van der Waals surface area contributed by atoms with Crippen LogP contribution in [0.4, 0.5) is 0 Å². The van der Waals surface area contributed by atoms with E-state index in [9.17, 15) is 0 Å². The van der Waals surface area contributed by atoms with E-state index in [2.05, 4.69) is 25.1 Å². The third kappa shape index (κ3) is 3.76. The van der Waals surface area contributed by atoms with E-state index in [4.69, 9.17) is 4.74 Å². The molecule has 130 valence electrons. The van der Waals surface area contributed by atoms with E-state index in [0.29, 0.717) is 10.9 Å². The number of hydrogen-bond acceptors (Lipinski definition) is 7. The molecule has 0 unspecified atom stereocenters. The Balaban J connectivity index is 1.41. The first-order valence-electron chi connectivity index (χ1n) is 7.87. The average molecular weight is 381 g/mol. The molecule has 4 aromatic rings. The van der Waals surface area contributed by atoms with Gasteiger partial charge in [0.25, 0.3) is 0 Å². The minimum atomic E-state index is 0.697. The minimum Gasteiger partial charge on any atom is -0.497 e. The van der Waals surface area contributed by atoms with Crippen LogP contribution in [0, 0.1) is 0 Å². The Bertz CT molecular complexity index is 982. The molecule has 0 fully saturated rings. The Morgan fingerprint density at radius 2 is 2.00 bits per heavy atom. The van der Waals surface area contributed by atoms with Gasteiger partial charge in [-0.25, -0.2) is 9.97 Å². The fourth-order valence-electron chi connectivity index (χ4n) is 2.31. The Kier molecular flexibility index (Phi) is 4.94. The summed E-state index contributed by atoms with van der Waals surface area (Å²) in [5.74, 6) is 2.26. The zero-order valence-corrected chi connectivity index (χ0v) is 15.5. The topological polar surface area (TPSA) is 76.6 Å². The van der Waals surface area contributed by atoms with E-state index < -0.39 is 0 Å². The van der Waals surface area contributed by atoms with Crippen molar-refractivity contribution in [3.8, 4) is 27.8 Å². The molecule has 8 heteroatoms. The fraction of sp³-hybridized carbons (Fsp3) is 0.111. The Morgan fingerprint density at radius 3 is 2.77 bits per heavy atom. The van der Waals surface area contributed by atoms with Crippen LogP contribution < -0.4 is 4.74 Å². The van der Waals surface area contributed by atoms with Crippen molar-refractivity contribution in [2.45, 2.75) is 10.9 Å². The van der Waals surface area contributed by atoms with Crippen LogP contribution in [0.1, 0.15) is 5.69 Å². The van der Waals surface area contributed by atoms with Gasteiger partial charge in [-0.2, -0.15) is 0 Å². The lowest BCUT2D eigenvalue weighted by molar-refractivity contribution is 0.415. The van der Waals surface area contributed by atoms with Crippen molar-refractivity contribution in [2.24, 2.45) is 0 Å². The number of methoxy groups -OCH3 is 1. The summed E-state index contributed by atoms with van der Waals surface area (Å²) < 4.78 is 5.17. The number of aromatic nitrogens is 5. The van der Waals surface area contributed by atoms with Crippen molar-refractivity contribution in [2.75, 3.05) is 7.11 Å². The zero-order chi connectivity index (χ0) is 17.8. The van der Waals surface area contributed by atoms with Gasteiger partial charge < -0.3 is 4.74 Å². The number of ether oxygens (including phenoxy) is 1. The summed E-state index contributed by atoms with van der Waals surface area (Å²) in [6, 6.07) is 13.5. The molecule has 0 atom stereocenters. The predicted octanol–water partition coefficient (Wildman–Crippen LogP) is 4.29. The van der Waals surface area contributed by atoms with E-state index >= 15 is 0 Å². The molecular formula is C18H15N5OS2. The second kappa shape index (κ2) is 7.67. The van der Waals surface area contributed by atoms with Gasteiger partial charge in [0.1, 0.15) is 10.8 Å². The van der Waals surface area contributed by atoms with Gasteiger partial charge in [0, 0.05) is 22.9 Å². The second-order valence-electron chi connectivity index (χ2n) is 5.34. The van der Waals surface area contributed by atoms with Gasteiger partial charge >= 0.3 is 0 Å². The van der Waals surface area contributed by atoms with E-state index in [1.807, 2.05) is 47.8 Å². The molecule has 1 aromatic carbocycles. The summed E-state index contributed by atoms with van der Waals surface area (Å²) in [5, 5.41) is 10.9. The van der Waals surface area contributed by atoms with Crippen molar-refractivity contribution in [3.05, 3.63) is 59.7 Å². The molecule has 6 nitrogen and oxygen atoms in total. The Labute approximate surface area is 158 Å². The Hall–Kier alpha value is -2.71. The first-order chi connectivity index (χ1) is 12.8. The smallest absolute Gasteiger partial charge is 0.209 e. The number of nitrogens with zero attached hydrogens (tertiary/aromatic N) is 4. The van der Waals surface area contributed by atoms with Gasteiger partial charge in [-0.05, 0) is 36.4 Å². The lowest BCUT2D eigenvalue weighted by Gasteiger charge is -1.99. The monoisotopic (exact) mass is 381 g/mol. The highest BCUT2D eigenvalue weighted by Crippen LogP contribution is 2.27. The van der Waals surface area contributed by atoms with Crippen LogP contribution >= 0.6 is 23.1 Å². The highest BCUT2D eigenvalue weighted by Gasteiger charge is 2.09. The molecule has 3 aromatic heterocycles. The van der Waals surface area contributed by atoms with Crippen LogP contribution in [0.25, 0.3) is 22.1 Å². The van der Waals surface area contributed by atoms with E-state index in [0.717, 1.165) is 33.5 Å². The van der Waals surface area contributed by atoms with Crippen LogP contribution in [0.5, 0.6) is 5.75 Å². The number of benzene rings is 1. The van der Waals surface area contributed by atoms with Gasteiger partial charge in [-0.15, -0.1) is 16.4 Å². The molecule has 0 amide bonds. The maximum atomic E-state index is 5.17. The number of nitrogens with one attached hydrogen (secondary N) is 1. The van der Waals surface area contributed by atoms with Crippen LogP contribution in [-0.2, 0) is 5.75 Å². The first kappa shape index (κ1) is 16.7. The lowest BCUT2D eigenvalue weighted by atomic mass is 10.2. The number of H-pyrrole nitrogens is 1. The standard InChI is InChI=1S/C18H15N5OS2/c1-24-14-7-5-12(6-8-14)16-21-18(23-22-16)26-11-13-10-25-17(20-13)15-4-2-3-9-19-15/h2-10H,11H2,1H3,(H,21,22,23). The summed E-state index contributed by atoms with van der Waals surface area (Å²) in [5.41, 5.74) is 2.86. The van der Waals surface area contributed by atoms with Gasteiger partial charge in [-0.1, -0.05) is 17.8 Å². The number of pyridine rings is 1. The van der Waals surface area contributed by atoms with E-state index in [1.165, 1.54) is 0 Å². The van der Waals surface area contributed by atoms with Crippen LogP contribution in [-0.4, -0.2) is 32.3 Å². The van der Waals surface area contributed by atoms with Crippen molar-refractivity contribution >= 4 is 23.1 Å². The Morgan fingerprint density at radius 1 is 1.12 bits per heavy atom. The predicted molar refractivity (Wildman–Crippen MR) is 103 cm³/mol. The van der Waals surface area contributed by atoms with Crippen LogP contribution in [0.15, 0.2) is 59.2 Å². The summed E-state index contributed by atoms with van der Waals surface area (Å²) in [7, 11) is 1.65. The molecule has 0 aliphatic rings. The highest BCUT2D eigenvalue weighted by atomic mass is 32.2. The third-order valence-electron chi connectivity index (χ3n) is 3.61. The summed E-state index contributed by atoms with van der Waals surface area (Å²) >= 11 is 3.15. The lowest BCUT2D eigenvalue weighted by Crippen LogP contribution is -1.85. The number of rotatable bonds is 6. The van der Waals surface area contributed by atoms with Gasteiger partial charge in [0.05, 0.1) is 18.5 Å². The zero-order valence-electron chi connectivity index (χ0n) is 13.9. The molecule has 0 aliphatic carbocycles.